The number of amides is 1. The van der Waals surface area contributed by atoms with E-state index in [9.17, 15) is 13.2 Å². The van der Waals surface area contributed by atoms with E-state index >= 15 is 0 Å². The molecule has 0 saturated carbocycles. The van der Waals surface area contributed by atoms with E-state index in [1.807, 2.05) is 38.1 Å². The van der Waals surface area contributed by atoms with Gasteiger partial charge in [-0.3, -0.25) is 4.79 Å². The molecule has 2 aromatic carbocycles. The summed E-state index contributed by atoms with van der Waals surface area (Å²) in [6.07, 6.45) is 3.81. The van der Waals surface area contributed by atoms with Crippen molar-refractivity contribution < 1.29 is 17.9 Å². The summed E-state index contributed by atoms with van der Waals surface area (Å²) in [7, 11) is -3.50. The molecule has 0 radical (unpaired) electrons. The van der Waals surface area contributed by atoms with E-state index in [1.165, 1.54) is 0 Å². The highest BCUT2D eigenvalue weighted by Crippen LogP contribution is 2.22. The minimum Gasteiger partial charge on any atom is -0.481 e. The van der Waals surface area contributed by atoms with Gasteiger partial charge in [0.05, 0.1) is 4.90 Å². The molecule has 1 saturated heterocycles. The fraction of sp³-hybridized carbons (Fsp3) is 0.435. The first-order chi connectivity index (χ1) is 14.4. The first kappa shape index (κ1) is 22.3. The lowest BCUT2D eigenvalue weighted by Crippen LogP contribution is -2.32. The maximum absolute atomic E-state index is 12.9. The minimum atomic E-state index is -3.50. The molecule has 2 aromatic rings. The van der Waals surface area contributed by atoms with Crippen molar-refractivity contribution in [2.45, 2.75) is 57.0 Å². The summed E-state index contributed by atoms with van der Waals surface area (Å²) < 4.78 is 33.1. The Kier molecular flexibility index (Phi) is 7.50. The number of hydrogen-bond acceptors (Lipinski definition) is 4. The van der Waals surface area contributed by atoms with Crippen molar-refractivity contribution in [3.63, 3.8) is 0 Å². The topological polar surface area (TPSA) is 75.7 Å². The molecule has 0 spiro atoms. The molecule has 0 aromatic heterocycles. The number of hydrogen-bond donors (Lipinski definition) is 1. The van der Waals surface area contributed by atoms with Crippen molar-refractivity contribution in [2.75, 3.05) is 18.4 Å². The summed E-state index contributed by atoms with van der Waals surface area (Å²) in [5, 5.41) is 2.82. The van der Waals surface area contributed by atoms with Crippen molar-refractivity contribution >= 4 is 21.6 Å². The Morgan fingerprint density at radius 1 is 1.00 bits per heavy atom. The molecule has 0 unspecified atom stereocenters. The quantitative estimate of drug-likeness (QED) is 0.708. The maximum atomic E-state index is 12.9. The first-order valence-corrected chi connectivity index (χ1v) is 12.0. The van der Waals surface area contributed by atoms with Crippen LogP contribution in [0.1, 0.15) is 44.6 Å². The Bertz CT molecular complexity index is 932. The van der Waals surface area contributed by atoms with E-state index in [2.05, 4.69) is 5.32 Å². The second kappa shape index (κ2) is 10.1. The van der Waals surface area contributed by atoms with Gasteiger partial charge in [-0.05, 0) is 62.6 Å². The number of carbonyl (C=O) groups is 1. The number of nitrogens with zero attached hydrogens (tertiary/aromatic N) is 1. The molecule has 7 heteroatoms. The summed E-state index contributed by atoms with van der Waals surface area (Å²) in [5.74, 6) is 0.377. The van der Waals surface area contributed by atoms with Gasteiger partial charge in [-0.1, -0.05) is 37.5 Å². The van der Waals surface area contributed by atoms with Crippen LogP contribution >= 0.6 is 0 Å². The molecule has 0 aliphatic carbocycles. The molecule has 1 aliphatic heterocycles. The van der Waals surface area contributed by atoms with Gasteiger partial charge in [0.1, 0.15) is 5.75 Å². The van der Waals surface area contributed by atoms with Gasteiger partial charge < -0.3 is 10.1 Å². The van der Waals surface area contributed by atoms with E-state index in [0.29, 0.717) is 30.9 Å². The molecule has 1 amide bonds. The van der Waals surface area contributed by atoms with Crippen LogP contribution < -0.4 is 10.1 Å². The number of anilines is 1. The van der Waals surface area contributed by atoms with Crippen LogP contribution in [0.5, 0.6) is 5.75 Å². The lowest BCUT2D eigenvalue weighted by molar-refractivity contribution is -0.122. The van der Waals surface area contributed by atoms with Crippen molar-refractivity contribution in [3.8, 4) is 5.75 Å². The molecule has 1 N–H and O–H groups in total. The molecule has 3 rings (SSSR count). The van der Waals surface area contributed by atoms with Crippen molar-refractivity contribution in [3.05, 3.63) is 54.1 Å². The number of aryl methyl sites for hydroxylation is 1. The second-order valence-corrected chi connectivity index (χ2v) is 9.60. The van der Waals surface area contributed by atoms with E-state index < -0.39 is 16.1 Å². The molecule has 0 bridgehead atoms. The molecule has 6 nitrogen and oxygen atoms in total. The molecule has 1 fully saturated rings. The van der Waals surface area contributed by atoms with Crippen LogP contribution in [-0.4, -0.2) is 37.8 Å². The van der Waals surface area contributed by atoms with Gasteiger partial charge in [0, 0.05) is 18.8 Å². The first-order valence-electron chi connectivity index (χ1n) is 10.5. The van der Waals surface area contributed by atoms with E-state index in [4.69, 9.17) is 4.74 Å². The lowest BCUT2D eigenvalue weighted by atomic mass is 10.2. The van der Waals surface area contributed by atoms with Crippen LogP contribution in [0.3, 0.4) is 0 Å². The summed E-state index contributed by atoms with van der Waals surface area (Å²) in [4.78, 5) is 12.9. The minimum absolute atomic E-state index is 0.255. The molecule has 1 aliphatic rings. The van der Waals surface area contributed by atoms with Gasteiger partial charge in [0.15, 0.2) is 6.10 Å². The molecular weight excluding hydrogens is 400 g/mol. The Morgan fingerprint density at radius 3 is 2.17 bits per heavy atom. The molecule has 30 heavy (non-hydrogen) atoms. The summed E-state index contributed by atoms with van der Waals surface area (Å²) in [5.41, 5.74) is 1.66. The van der Waals surface area contributed by atoms with Crippen LogP contribution in [0, 0.1) is 6.92 Å². The smallest absolute Gasteiger partial charge is 0.265 e. The normalized spacial score (nSPS) is 16.5. The van der Waals surface area contributed by atoms with Crippen molar-refractivity contribution in [1.29, 1.82) is 0 Å². The Balaban J connectivity index is 1.65. The number of carbonyl (C=O) groups excluding carboxylic acids is 1. The Labute approximate surface area is 179 Å². The van der Waals surface area contributed by atoms with Gasteiger partial charge in [0.25, 0.3) is 5.91 Å². The maximum Gasteiger partial charge on any atom is 0.265 e. The molecule has 162 valence electrons. The van der Waals surface area contributed by atoms with Crippen LogP contribution in [0.15, 0.2) is 53.4 Å². The fourth-order valence-electron chi connectivity index (χ4n) is 3.47. The molecule has 1 atom stereocenters. The highest BCUT2D eigenvalue weighted by molar-refractivity contribution is 7.89. The van der Waals surface area contributed by atoms with Crippen LogP contribution in [0.2, 0.25) is 0 Å². The third-order valence-corrected chi connectivity index (χ3v) is 7.20. The van der Waals surface area contributed by atoms with Gasteiger partial charge in [-0.25, -0.2) is 8.42 Å². The monoisotopic (exact) mass is 430 g/mol. The van der Waals surface area contributed by atoms with Crippen LogP contribution in [0.4, 0.5) is 5.69 Å². The number of sulfonamides is 1. The van der Waals surface area contributed by atoms with Crippen molar-refractivity contribution in [1.82, 2.24) is 4.31 Å². The summed E-state index contributed by atoms with van der Waals surface area (Å²) >= 11 is 0. The average Bonchev–Trinajstić information content (AvgIpc) is 3.04. The predicted octanol–water partition coefficient (Wildman–Crippen LogP) is 4.36. The Hall–Kier alpha value is -2.38. The van der Waals surface area contributed by atoms with E-state index in [0.717, 1.165) is 31.2 Å². The van der Waals surface area contributed by atoms with Gasteiger partial charge in [-0.15, -0.1) is 0 Å². The third kappa shape index (κ3) is 5.61. The number of rotatable bonds is 7. The largest absolute Gasteiger partial charge is 0.481 e. The zero-order chi connectivity index (χ0) is 21.6. The Morgan fingerprint density at radius 2 is 1.60 bits per heavy atom. The summed E-state index contributed by atoms with van der Waals surface area (Å²) in [6, 6.07) is 13.9. The zero-order valence-corrected chi connectivity index (χ0v) is 18.5. The summed E-state index contributed by atoms with van der Waals surface area (Å²) in [6.45, 7) is 5.00. The standard InChI is InChI=1S/C23H30N2O4S/c1-3-22(29-20-12-8-18(2)9-13-20)23(26)24-19-10-14-21(15-11-19)30(27,28)25-16-6-4-5-7-17-25/h8-15,22H,3-7,16-17H2,1-2H3,(H,24,26)/t22-/m0/s1. The van der Waals surface area contributed by atoms with Crippen LogP contribution in [0.25, 0.3) is 0 Å². The molecular formula is C23H30N2O4S. The lowest BCUT2D eigenvalue weighted by Gasteiger charge is -2.20. The van der Waals surface area contributed by atoms with Crippen molar-refractivity contribution in [2.24, 2.45) is 0 Å². The highest BCUT2D eigenvalue weighted by atomic mass is 32.2. The van der Waals surface area contributed by atoms with Gasteiger partial charge in [-0.2, -0.15) is 4.31 Å². The third-order valence-electron chi connectivity index (χ3n) is 5.29. The number of benzene rings is 2. The number of ether oxygens (including phenoxy) is 1. The fourth-order valence-corrected chi connectivity index (χ4v) is 4.98. The van der Waals surface area contributed by atoms with Crippen LogP contribution in [-0.2, 0) is 14.8 Å². The average molecular weight is 431 g/mol. The predicted molar refractivity (Wildman–Crippen MR) is 118 cm³/mol. The zero-order valence-electron chi connectivity index (χ0n) is 17.6. The molecule has 1 heterocycles. The van der Waals surface area contributed by atoms with Gasteiger partial charge >= 0.3 is 0 Å². The van der Waals surface area contributed by atoms with Gasteiger partial charge in [0.2, 0.25) is 10.0 Å². The SMILES string of the molecule is CC[C@H](Oc1ccc(C)cc1)C(=O)Nc1ccc(S(=O)(=O)N2CCCCCC2)cc1. The highest BCUT2D eigenvalue weighted by Gasteiger charge is 2.25. The number of nitrogens with one attached hydrogen (secondary N) is 1. The van der Waals surface area contributed by atoms with E-state index in [-0.39, 0.29) is 10.8 Å². The second-order valence-electron chi connectivity index (χ2n) is 7.66. The van der Waals surface area contributed by atoms with E-state index in [1.54, 1.807) is 28.6 Å².